The molecule has 0 spiro atoms. The lowest BCUT2D eigenvalue weighted by Crippen LogP contribution is -2.18. The average molecular weight is 332 g/mol. The zero-order valence-corrected chi connectivity index (χ0v) is 15.2. The molecule has 2 aromatic carbocycles. The van der Waals surface area contributed by atoms with Crippen LogP contribution in [0.25, 0.3) is 0 Å². The maximum atomic E-state index is 4.70. The van der Waals surface area contributed by atoms with Gasteiger partial charge in [0.1, 0.15) is 5.82 Å². The number of hydrogen-bond donors (Lipinski definition) is 1. The minimum Gasteiger partial charge on any atom is -0.326 e. The van der Waals surface area contributed by atoms with Gasteiger partial charge in [-0.05, 0) is 74.7 Å². The molecular weight excluding hydrogens is 308 g/mol. The minimum atomic E-state index is 0.604. The predicted octanol–water partition coefficient (Wildman–Crippen LogP) is 5.30. The van der Waals surface area contributed by atoms with Gasteiger partial charge < -0.3 is 10.2 Å². The maximum absolute atomic E-state index is 4.70. The van der Waals surface area contributed by atoms with Crippen LogP contribution in [-0.4, -0.2) is 16.5 Å². The number of aryl methyl sites for hydroxylation is 3. The summed E-state index contributed by atoms with van der Waals surface area (Å²) in [4.78, 5) is 11.2. The van der Waals surface area contributed by atoms with E-state index in [1.165, 1.54) is 16.7 Å². The molecule has 0 saturated carbocycles. The molecule has 25 heavy (non-hydrogen) atoms. The minimum absolute atomic E-state index is 0.604. The summed E-state index contributed by atoms with van der Waals surface area (Å²) < 4.78 is 0. The lowest BCUT2D eigenvalue weighted by Gasteiger charge is -2.22. The van der Waals surface area contributed by atoms with Crippen molar-refractivity contribution >= 4 is 23.1 Å². The van der Waals surface area contributed by atoms with Crippen molar-refractivity contribution in [3.8, 4) is 0 Å². The summed E-state index contributed by atoms with van der Waals surface area (Å²) in [6.45, 7) is 9.28. The van der Waals surface area contributed by atoms with Crippen molar-refractivity contribution in [1.82, 2.24) is 9.97 Å². The van der Waals surface area contributed by atoms with E-state index < -0.39 is 0 Å². The Labute approximate surface area is 149 Å². The molecule has 128 valence electrons. The van der Waals surface area contributed by atoms with Crippen LogP contribution < -0.4 is 10.2 Å². The molecule has 0 atom stereocenters. The number of benzene rings is 2. The molecule has 0 fully saturated rings. The van der Waals surface area contributed by atoms with Gasteiger partial charge in [-0.25, -0.2) is 4.98 Å². The normalized spacial score (nSPS) is 10.6. The summed E-state index contributed by atoms with van der Waals surface area (Å²) in [5, 5.41) is 3.31. The van der Waals surface area contributed by atoms with Gasteiger partial charge in [0.25, 0.3) is 0 Å². The summed E-state index contributed by atoms with van der Waals surface area (Å²) in [5.74, 6) is 1.49. The Kier molecular flexibility index (Phi) is 4.98. The Morgan fingerprint density at radius 2 is 1.80 bits per heavy atom. The molecule has 0 bridgehead atoms. The first kappa shape index (κ1) is 17.0. The third kappa shape index (κ3) is 3.97. The SMILES string of the molecule is CCN(c1cccc(C)c1)c1ccnc(Nc2ccc(C)c(C)c2)n1. The van der Waals surface area contributed by atoms with Crippen LogP contribution in [0.5, 0.6) is 0 Å². The molecule has 0 amide bonds. The fraction of sp³-hybridized carbons (Fsp3) is 0.238. The highest BCUT2D eigenvalue weighted by Gasteiger charge is 2.10. The van der Waals surface area contributed by atoms with E-state index in [9.17, 15) is 0 Å². The Morgan fingerprint density at radius 1 is 0.960 bits per heavy atom. The third-order valence-corrected chi connectivity index (χ3v) is 4.31. The first-order valence-corrected chi connectivity index (χ1v) is 8.58. The van der Waals surface area contributed by atoms with Gasteiger partial charge in [0.15, 0.2) is 0 Å². The van der Waals surface area contributed by atoms with Crippen LogP contribution in [0.15, 0.2) is 54.7 Å². The second kappa shape index (κ2) is 7.34. The monoisotopic (exact) mass is 332 g/mol. The quantitative estimate of drug-likeness (QED) is 0.688. The Bertz CT molecular complexity index is 873. The topological polar surface area (TPSA) is 41.1 Å². The maximum Gasteiger partial charge on any atom is 0.229 e. The largest absolute Gasteiger partial charge is 0.326 e. The van der Waals surface area contributed by atoms with Crippen molar-refractivity contribution in [2.45, 2.75) is 27.7 Å². The van der Waals surface area contributed by atoms with Crippen molar-refractivity contribution in [1.29, 1.82) is 0 Å². The highest BCUT2D eigenvalue weighted by molar-refractivity contribution is 5.63. The van der Waals surface area contributed by atoms with Crippen LogP contribution in [0.2, 0.25) is 0 Å². The van der Waals surface area contributed by atoms with Gasteiger partial charge in [0.05, 0.1) is 0 Å². The molecule has 0 radical (unpaired) electrons. The predicted molar refractivity (Wildman–Crippen MR) is 105 cm³/mol. The zero-order valence-electron chi connectivity index (χ0n) is 15.2. The summed E-state index contributed by atoms with van der Waals surface area (Å²) >= 11 is 0. The molecular formula is C21H24N4. The molecule has 0 saturated heterocycles. The smallest absolute Gasteiger partial charge is 0.229 e. The third-order valence-electron chi connectivity index (χ3n) is 4.31. The molecule has 4 heteroatoms. The fourth-order valence-electron chi connectivity index (χ4n) is 2.78. The lowest BCUT2D eigenvalue weighted by atomic mass is 10.1. The lowest BCUT2D eigenvalue weighted by molar-refractivity contribution is 0.977. The second-order valence-electron chi connectivity index (χ2n) is 6.25. The summed E-state index contributed by atoms with van der Waals surface area (Å²) in [7, 11) is 0. The highest BCUT2D eigenvalue weighted by atomic mass is 15.2. The number of nitrogens with one attached hydrogen (secondary N) is 1. The molecule has 3 rings (SSSR count). The van der Waals surface area contributed by atoms with Crippen LogP contribution in [0.4, 0.5) is 23.1 Å². The molecule has 1 N–H and O–H groups in total. The van der Waals surface area contributed by atoms with Gasteiger partial charge in [0.2, 0.25) is 5.95 Å². The molecule has 0 aliphatic heterocycles. The van der Waals surface area contributed by atoms with Crippen LogP contribution in [0.3, 0.4) is 0 Å². The van der Waals surface area contributed by atoms with Crippen molar-refractivity contribution in [3.63, 3.8) is 0 Å². The number of rotatable bonds is 5. The summed E-state index contributed by atoms with van der Waals surface area (Å²) in [5.41, 5.74) is 5.89. The van der Waals surface area contributed by atoms with Crippen molar-refractivity contribution in [3.05, 3.63) is 71.4 Å². The molecule has 0 unspecified atom stereocenters. The molecule has 3 aromatic rings. The number of hydrogen-bond acceptors (Lipinski definition) is 4. The van der Waals surface area contributed by atoms with E-state index in [2.05, 4.69) is 85.4 Å². The van der Waals surface area contributed by atoms with Gasteiger partial charge in [-0.1, -0.05) is 18.2 Å². The van der Waals surface area contributed by atoms with E-state index >= 15 is 0 Å². The van der Waals surface area contributed by atoms with E-state index in [1.54, 1.807) is 6.20 Å². The van der Waals surface area contributed by atoms with E-state index in [0.29, 0.717) is 5.95 Å². The zero-order chi connectivity index (χ0) is 17.8. The van der Waals surface area contributed by atoms with Gasteiger partial charge in [0, 0.05) is 24.1 Å². The van der Waals surface area contributed by atoms with E-state index in [1.807, 2.05) is 6.07 Å². The van der Waals surface area contributed by atoms with Crippen LogP contribution in [0, 0.1) is 20.8 Å². The van der Waals surface area contributed by atoms with Crippen LogP contribution in [0.1, 0.15) is 23.6 Å². The fourth-order valence-corrected chi connectivity index (χ4v) is 2.78. The van der Waals surface area contributed by atoms with Crippen molar-refractivity contribution in [2.75, 3.05) is 16.8 Å². The molecule has 4 nitrogen and oxygen atoms in total. The molecule has 1 aromatic heterocycles. The van der Waals surface area contributed by atoms with Crippen molar-refractivity contribution in [2.24, 2.45) is 0 Å². The van der Waals surface area contributed by atoms with E-state index in [4.69, 9.17) is 4.98 Å². The first-order chi connectivity index (χ1) is 12.1. The number of nitrogens with zero attached hydrogens (tertiary/aromatic N) is 3. The Hall–Kier alpha value is -2.88. The molecule has 0 aliphatic carbocycles. The Morgan fingerprint density at radius 3 is 2.52 bits per heavy atom. The van der Waals surface area contributed by atoms with Gasteiger partial charge in [-0.15, -0.1) is 0 Å². The highest BCUT2D eigenvalue weighted by Crippen LogP contribution is 2.25. The van der Waals surface area contributed by atoms with Crippen LogP contribution in [-0.2, 0) is 0 Å². The van der Waals surface area contributed by atoms with Gasteiger partial charge >= 0.3 is 0 Å². The second-order valence-corrected chi connectivity index (χ2v) is 6.25. The van der Waals surface area contributed by atoms with E-state index in [-0.39, 0.29) is 0 Å². The summed E-state index contributed by atoms with van der Waals surface area (Å²) in [6, 6.07) is 16.7. The summed E-state index contributed by atoms with van der Waals surface area (Å²) in [6.07, 6.45) is 1.80. The first-order valence-electron chi connectivity index (χ1n) is 8.58. The van der Waals surface area contributed by atoms with Crippen LogP contribution >= 0.6 is 0 Å². The van der Waals surface area contributed by atoms with Gasteiger partial charge in [-0.2, -0.15) is 4.98 Å². The number of anilines is 4. The molecule has 1 heterocycles. The Balaban J connectivity index is 1.88. The molecule has 0 aliphatic rings. The van der Waals surface area contributed by atoms with Gasteiger partial charge in [-0.3, -0.25) is 0 Å². The number of aromatic nitrogens is 2. The van der Waals surface area contributed by atoms with Crippen molar-refractivity contribution < 1.29 is 0 Å². The van der Waals surface area contributed by atoms with E-state index in [0.717, 1.165) is 23.7 Å². The standard InChI is InChI=1S/C21H24N4/c1-5-25(19-8-6-7-15(2)13-19)20-11-12-22-21(24-20)23-18-10-9-16(3)17(4)14-18/h6-14H,5H2,1-4H3,(H,22,23,24). The average Bonchev–Trinajstić information content (AvgIpc) is 2.59.